The van der Waals surface area contributed by atoms with E-state index in [1.807, 2.05) is 0 Å². The number of nitrogens with one attached hydrogen (secondary N) is 2. The van der Waals surface area contributed by atoms with Gasteiger partial charge in [0.15, 0.2) is 11.6 Å². The Morgan fingerprint density at radius 2 is 2.19 bits per heavy atom. The maximum absolute atomic E-state index is 14.1. The molecule has 0 bridgehead atoms. The van der Waals surface area contributed by atoms with Gasteiger partial charge in [0.05, 0.1) is 36.3 Å². The summed E-state index contributed by atoms with van der Waals surface area (Å²) < 4.78 is 20.3. The lowest BCUT2D eigenvalue weighted by Gasteiger charge is -2.08. The van der Waals surface area contributed by atoms with Crippen LogP contribution in [0.4, 0.5) is 20.7 Å². The molecule has 0 unspecified atom stereocenters. The first-order chi connectivity index (χ1) is 15.4. The van der Waals surface area contributed by atoms with Crippen LogP contribution in [-0.2, 0) is 11.3 Å². The molecule has 1 aromatic carbocycles. The second-order valence-electron chi connectivity index (χ2n) is 6.34. The number of nitrogens with zero attached hydrogens (tertiary/aromatic N) is 4. The Bertz CT molecular complexity index is 1170. The van der Waals surface area contributed by atoms with Crippen molar-refractivity contribution in [2.45, 2.75) is 6.54 Å². The van der Waals surface area contributed by atoms with Crippen LogP contribution in [0.15, 0.2) is 48.9 Å². The number of ether oxygens (including phenoxy) is 1. The minimum absolute atomic E-state index is 0.0305. The van der Waals surface area contributed by atoms with E-state index in [1.165, 1.54) is 23.0 Å². The minimum Gasteiger partial charge on any atom is -0.516 e. The van der Waals surface area contributed by atoms with Crippen LogP contribution in [0.3, 0.4) is 0 Å². The number of anilines is 2. The molecule has 32 heavy (non-hydrogen) atoms. The molecule has 12 heteroatoms. The zero-order valence-corrected chi connectivity index (χ0v) is 17.4. The van der Waals surface area contributed by atoms with E-state index in [0.29, 0.717) is 11.3 Å². The highest BCUT2D eigenvalue weighted by Crippen LogP contribution is 2.22. The number of aliphatic hydroxyl groups is 1. The number of allylic oxidation sites excluding steroid dienone is 1. The summed E-state index contributed by atoms with van der Waals surface area (Å²) in [6, 6.07) is 7.70. The zero-order chi connectivity index (χ0) is 23.1. The number of carbonyl (C=O) groups is 1. The molecular weight excluding hydrogens is 441 g/mol. The Hall–Kier alpha value is -3.99. The lowest BCUT2D eigenvalue weighted by atomic mass is 10.2. The van der Waals surface area contributed by atoms with Gasteiger partial charge in [0.25, 0.3) is 0 Å². The van der Waals surface area contributed by atoms with Crippen molar-refractivity contribution in [3.05, 3.63) is 65.9 Å². The van der Waals surface area contributed by atoms with Crippen molar-refractivity contribution < 1.29 is 19.0 Å². The van der Waals surface area contributed by atoms with Crippen LogP contribution < -0.4 is 11.1 Å². The van der Waals surface area contributed by atoms with E-state index in [9.17, 15) is 9.18 Å². The molecule has 0 aliphatic heterocycles. The van der Waals surface area contributed by atoms with E-state index in [2.05, 4.69) is 20.4 Å². The highest BCUT2D eigenvalue weighted by molar-refractivity contribution is 6.18. The molecule has 0 saturated carbocycles. The third kappa shape index (κ3) is 5.38. The van der Waals surface area contributed by atoms with E-state index in [0.717, 1.165) is 12.3 Å². The largest absolute Gasteiger partial charge is 0.516 e. The first-order valence-corrected chi connectivity index (χ1v) is 9.80. The minimum atomic E-state index is -0.755. The fourth-order valence-corrected chi connectivity index (χ4v) is 2.78. The van der Waals surface area contributed by atoms with Crippen molar-refractivity contribution in [1.29, 1.82) is 5.41 Å². The standard InChI is InChI=1S/C20H19ClFN7O3/c21-6-8-32-20(31)26-16-10-25-19(27-18(16)24)15-9-17(14(23)5-7-30)29(28-15)11-12-3-1-2-4-13(12)22/h1-5,7,9-10,23,30H,6,8,11H2,(H,26,31)(H2,24,25,27)/b7-5-,23-14?. The van der Waals surface area contributed by atoms with Gasteiger partial charge in [0, 0.05) is 5.56 Å². The van der Waals surface area contributed by atoms with Crippen LogP contribution in [0.5, 0.6) is 0 Å². The number of nitrogen functional groups attached to an aromatic ring is 1. The summed E-state index contributed by atoms with van der Waals surface area (Å²) in [5.74, 6) is -0.182. The number of aromatic nitrogens is 4. The summed E-state index contributed by atoms with van der Waals surface area (Å²) in [5, 5.41) is 24.0. The summed E-state index contributed by atoms with van der Waals surface area (Å²) in [4.78, 5) is 20.0. The predicted octanol–water partition coefficient (Wildman–Crippen LogP) is 3.34. The average molecular weight is 460 g/mol. The molecule has 0 aliphatic carbocycles. The van der Waals surface area contributed by atoms with Gasteiger partial charge < -0.3 is 15.6 Å². The van der Waals surface area contributed by atoms with Gasteiger partial charge in [-0.05, 0) is 18.2 Å². The van der Waals surface area contributed by atoms with Gasteiger partial charge in [-0.1, -0.05) is 18.2 Å². The zero-order valence-electron chi connectivity index (χ0n) is 16.6. The Kier molecular flexibility index (Phi) is 7.34. The quantitative estimate of drug-likeness (QED) is 0.229. The van der Waals surface area contributed by atoms with Gasteiger partial charge in [-0.2, -0.15) is 5.10 Å². The van der Waals surface area contributed by atoms with Gasteiger partial charge in [0.1, 0.15) is 23.8 Å². The predicted molar refractivity (Wildman–Crippen MR) is 117 cm³/mol. The van der Waals surface area contributed by atoms with Crippen molar-refractivity contribution in [3.8, 4) is 11.5 Å². The van der Waals surface area contributed by atoms with Gasteiger partial charge in [-0.15, -0.1) is 11.6 Å². The molecule has 3 rings (SSSR count). The number of hydrogen-bond donors (Lipinski definition) is 4. The number of carbonyl (C=O) groups excluding carboxylic acids is 1. The number of rotatable bonds is 8. The summed E-state index contributed by atoms with van der Waals surface area (Å²) in [6.45, 7) is 0.0634. The molecule has 0 atom stereocenters. The number of amides is 1. The van der Waals surface area contributed by atoms with Gasteiger partial charge >= 0.3 is 6.09 Å². The third-order valence-electron chi connectivity index (χ3n) is 4.17. The van der Waals surface area contributed by atoms with E-state index >= 15 is 0 Å². The molecule has 0 saturated heterocycles. The third-order valence-corrected chi connectivity index (χ3v) is 4.32. The molecule has 2 aromatic heterocycles. The molecule has 2 heterocycles. The molecule has 166 valence electrons. The molecule has 0 aliphatic rings. The Morgan fingerprint density at radius 1 is 1.41 bits per heavy atom. The van der Waals surface area contributed by atoms with Crippen molar-refractivity contribution in [3.63, 3.8) is 0 Å². The monoisotopic (exact) mass is 459 g/mol. The maximum Gasteiger partial charge on any atom is 0.411 e. The molecule has 0 radical (unpaired) electrons. The lowest BCUT2D eigenvalue weighted by molar-refractivity contribution is 0.168. The van der Waals surface area contributed by atoms with Gasteiger partial charge in [-0.3, -0.25) is 15.4 Å². The van der Waals surface area contributed by atoms with Crippen LogP contribution in [0.25, 0.3) is 11.5 Å². The fourth-order valence-electron chi connectivity index (χ4n) is 2.70. The van der Waals surface area contributed by atoms with Crippen LogP contribution in [-0.4, -0.2) is 49.1 Å². The van der Waals surface area contributed by atoms with E-state index in [1.54, 1.807) is 18.2 Å². The number of hydrogen-bond acceptors (Lipinski definition) is 8. The summed E-state index contributed by atoms with van der Waals surface area (Å²) in [7, 11) is 0. The Morgan fingerprint density at radius 3 is 2.88 bits per heavy atom. The first-order valence-electron chi connectivity index (χ1n) is 9.26. The van der Waals surface area contributed by atoms with E-state index in [4.69, 9.17) is 32.6 Å². The number of benzene rings is 1. The van der Waals surface area contributed by atoms with Crippen molar-refractivity contribution in [1.82, 2.24) is 19.7 Å². The lowest BCUT2D eigenvalue weighted by Crippen LogP contribution is -2.16. The van der Waals surface area contributed by atoms with Gasteiger partial charge in [0.2, 0.25) is 0 Å². The maximum atomic E-state index is 14.1. The molecular formula is C20H19ClFN7O3. The van der Waals surface area contributed by atoms with E-state index < -0.39 is 11.9 Å². The Labute approximate surface area is 187 Å². The van der Waals surface area contributed by atoms with E-state index in [-0.39, 0.29) is 47.8 Å². The summed E-state index contributed by atoms with van der Waals surface area (Å²) >= 11 is 5.47. The first kappa shape index (κ1) is 22.7. The Balaban J connectivity index is 1.92. The van der Waals surface area contributed by atoms with Gasteiger partial charge in [-0.25, -0.2) is 19.2 Å². The SMILES string of the molecule is N=C(/C=C\O)c1cc(-c2ncc(NC(=O)OCCCl)c(N)n2)nn1Cc1ccccc1F. The normalized spacial score (nSPS) is 10.9. The molecule has 1 amide bonds. The number of nitrogens with two attached hydrogens (primary N) is 1. The molecule has 0 spiro atoms. The fraction of sp³-hybridized carbons (Fsp3) is 0.150. The highest BCUT2D eigenvalue weighted by Gasteiger charge is 2.17. The van der Waals surface area contributed by atoms with Crippen molar-refractivity contribution in [2.75, 3.05) is 23.5 Å². The molecule has 10 nitrogen and oxygen atoms in total. The smallest absolute Gasteiger partial charge is 0.411 e. The summed E-state index contributed by atoms with van der Waals surface area (Å²) in [5.41, 5.74) is 6.90. The van der Waals surface area contributed by atoms with Crippen LogP contribution in [0.2, 0.25) is 0 Å². The molecule has 0 fully saturated rings. The summed E-state index contributed by atoms with van der Waals surface area (Å²) in [6.07, 6.45) is 2.41. The highest BCUT2D eigenvalue weighted by atomic mass is 35.5. The second-order valence-corrected chi connectivity index (χ2v) is 6.71. The number of halogens is 2. The number of aliphatic hydroxyl groups excluding tert-OH is 1. The molecule has 5 N–H and O–H groups in total. The van der Waals surface area contributed by atoms with Crippen LogP contribution >= 0.6 is 11.6 Å². The average Bonchev–Trinajstić information content (AvgIpc) is 3.19. The van der Waals surface area contributed by atoms with Crippen molar-refractivity contribution in [2.24, 2.45) is 0 Å². The second kappa shape index (κ2) is 10.4. The van der Waals surface area contributed by atoms with Crippen LogP contribution in [0.1, 0.15) is 11.3 Å². The molecule has 3 aromatic rings. The van der Waals surface area contributed by atoms with Crippen LogP contribution in [0, 0.1) is 11.2 Å². The van der Waals surface area contributed by atoms with Crippen molar-refractivity contribution >= 4 is 34.9 Å². The topological polar surface area (TPSA) is 152 Å². The number of alkyl halides is 1.